The lowest BCUT2D eigenvalue weighted by atomic mass is 9.99. The zero-order chi connectivity index (χ0) is 20.9. The van der Waals surface area contributed by atoms with E-state index >= 15 is 0 Å². The first kappa shape index (κ1) is 21.1. The largest absolute Gasteiger partial charge is 0.456 e. The normalized spacial score (nSPS) is 18.6. The van der Waals surface area contributed by atoms with E-state index < -0.39 is 42.4 Å². The number of carbonyl (C=O) groups is 5. The molecule has 150 valence electrons. The van der Waals surface area contributed by atoms with Crippen LogP contribution in [0.4, 0.5) is 10.5 Å². The number of ketones is 1. The molecular weight excluding hydrogens is 366 g/mol. The number of benzene rings is 1. The van der Waals surface area contributed by atoms with Gasteiger partial charge in [0, 0.05) is 17.7 Å². The lowest BCUT2D eigenvalue weighted by Crippen LogP contribution is -2.43. The van der Waals surface area contributed by atoms with Gasteiger partial charge in [-0.1, -0.05) is 13.8 Å². The van der Waals surface area contributed by atoms with E-state index in [1.165, 1.54) is 12.1 Å². The van der Waals surface area contributed by atoms with Crippen molar-refractivity contribution < 1.29 is 28.7 Å². The van der Waals surface area contributed by atoms with Gasteiger partial charge in [0.15, 0.2) is 12.4 Å². The van der Waals surface area contributed by atoms with E-state index in [1.807, 2.05) is 0 Å². The first-order valence-corrected chi connectivity index (χ1v) is 8.93. The summed E-state index contributed by atoms with van der Waals surface area (Å²) in [7, 11) is 0. The molecule has 0 aromatic heterocycles. The number of hydrogen-bond donors (Lipinski definition) is 2. The first-order chi connectivity index (χ1) is 13.2. The van der Waals surface area contributed by atoms with E-state index in [2.05, 4.69) is 10.6 Å². The van der Waals surface area contributed by atoms with Gasteiger partial charge in [-0.3, -0.25) is 24.1 Å². The van der Waals surface area contributed by atoms with Crippen LogP contribution in [0.25, 0.3) is 0 Å². The number of nitrogens with zero attached hydrogens (tertiary/aromatic N) is 1. The molecule has 0 radical (unpaired) electrons. The molecule has 4 amide bonds. The Kier molecular flexibility index (Phi) is 6.50. The third-order valence-electron chi connectivity index (χ3n) is 4.52. The van der Waals surface area contributed by atoms with Crippen LogP contribution in [-0.4, -0.2) is 53.2 Å². The summed E-state index contributed by atoms with van der Waals surface area (Å²) < 4.78 is 4.90. The summed E-state index contributed by atoms with van der Waals surface area (Å²) in [5.41, 5.74) is -0.184. The highest BCUT2D eigenvalue weighted by Crippen LogP contribution is 2.20. The Bertz CT molecular complexity index is 804. The zero-order valence-electron chi connectivity index (χ0n) is 16.0. The third kappa shape index (κ3) is 4.73. The standard InChI is InChI=1S/C19H23N3O6/c1-4-15(24)20-13-8-6-12(7-9-13)14(23)11-28-16(25)10-22-17(26)19(3,5-2)21-18(22)27/h6-9H,4-5,10-11H2,1-3H3,(H,20,24)(H,21,27)/t19-/m0/s1. The zero-order valence-corrected chi connectivity index (χ0v) is 16.0. The van der Waals surface area contributed by atoms with E-state index in [-0.39, 0.29) is 5.91 Å². The minimum atomic E-state index is -1.04. The van der Waals surface area contributed by atoms with Gasteiger partial charge in [-0.2, -0.15) is 0 Å². The predicted molar refractivity (Wildman–Crippen MR) is 99.6 cm³/mol. The Morgan fingerprint density at radius 3 is 2.32 bits per heavy atom. The summed E-state index contributed by atoms with van der Waals surface area (Å²) >= 11 is 0. The number of carbonyl (C=O) groups excluding carboxylic acids is 5. The molecule has 1 atom stereocenters. The van der Waals surface area contributed by atoms with Gasteiger partial charge >= 0.3 is 12.0 Å². The SMILES string of the molecule is CCC(=O)Nc1ccc(C(=O)COC(=O)CN2C(=O)N[C@@](C)(CC)C2=O)cc1. The maximum atomic E-state index is 12.2. The van der Waals surface area contributed by atoms with Crippen LogP contribution >= 0.6 is 0 Å². The molecule has 9 heteroatoms. The maximum absolute atomic E-state index is 12.2. The number of esters is 1. The van der Waals surface area contributed by atoms with Crippen LogP contribution < -0.4 is 10.6 Å². The number of urea groups is 1. The molecule has 1 aromatic rings. The minimum absolute atomic E-state index is 0.146. The number of anilines is 1. The molecule has 1 aliphatic heterocycles. The summed E-state index contributed by atoms with van der Waals surface area (Å²) in [6.45, 7) is 3.97. The van der Waals surface area contributed by atoms with Crippen LogP contribution in [0.15, 0.2) is 24.3 Å². The molecule has 1 aliphatic rings. The van der Waals surface area contributed by atoms with Crippen molar-refractivity contribution in [2.45, 2.75) is 39.2 Å². The Morgan fingerprint density at radius 1 is 1.14 bits per heavy atom. The van der Waals surface area contributed by atoms with Gasteiger partial charge in [0.2, 0.25) is 5.91 Å². The fourth-order valence-electron chi connectivity index (χ4n) is 2.52. The molecule has 0 spiro atoms. The summed E-state index contributed by atoms with van der Waals surface area (Å²) in [5.74, 6) is -1.96. The van der Waals surface area contributed by atoms with Gasteiger partial charge in [-0.15, -0.1) is 0 Å². The van der Waals surface area contributed by atoms with Crippen LogP contribution in [-0.2, 0) is 19.1 Å². The van der Waals surface area contributed by atoms with Gasteiger partial charge in [0.05, 0.1) is 0 Å². The Hall–Kier alpha value is -3.23. The van der Waals surface area contributed by atoms with Crippen LogP contribution in [0.1, 0.15) is 44.0 Å². The molecule has 1 aromatic carbocycles. The summed E-state index contributed by atoms with van der Waals surface area (Å²) in [6, 6.07) is 5.49. The van der Waals surface area contributed by atoms with Crippen LogP contribution in [0, 0.1) is 0 Å². The van der Waals surface area contributed by atoms with E-state index in [4.69, 9.17) is 4.74 Å². The number of imide groups is 1. The number of amides is 4. The highest BCUT2D eigenvalue weighted by Gasteiger charge is 2.47. The monoisotopic (exact) mass is 389 g/mol. The third-order valence-corrected chi connectivity index (χ3v) is 4.52. The van der Waals surface area contributed by atoms with Crippen molar-refractivity contribution in [3.8, 4) is 0 Å². The van der Waals surface area contributed by atoms with Crippen molar-refractivity contribution in [2.75, 3.05) is 18.5 Å². The number of hydrogen-bond acceptors (Lipinski definition) is 6. The average Bonchev–Trinajstić information content (AvgIpc) is 2.90. The Balaban J connectivity index is 1.87. The second-order valence-electron chi connectivity index (χ2n) is 6.57. The fourth-order valence-corrected chi connectivity index (χ4v) is 2.52. The highest BCUT2D eigenvalue weighted by atomic mass is 16.5. The number of Topliss-reactive ketones (excluding diaryl/α,β-unsaturated/α-hetero) is 1. The molecule has 0 saturated carbocycles. The van der Waals surface area contributed by atoms with Crippen molar-refractivity contribution >= 4 is 35.3 Å². The van der Waals surface area contributed by atoms with Crippen molar-refractivity contribution in [1.82, 2.24) is 10.2 Å². The molecule has 1 fully saturated rings. The molecule has 0 bridgehead atoms. The van der Waals surface area contributed by atoms with Crippen LogP contribution in [0.5, 0.6) is 0 Å². The molecule has 0 unspecified atom stereocenters. The summed E-state index contributed by atoms with van der Waals surface area (Å²) in [5, 5.41) is 5.19. The van der Waals surface area contributed by atoms with E-state index in [0.29, 0.717) is 24.1 Å². The van der Waals surface area contributed by atoms with Crippen molar-refractivity contribution in [3.63, 3.8) is 0 Å². The maximum Gasteiger partial charge on any atom is 0.326 e. The minimum Gasteiger partial charge on any atom is -0.456 e. The molecule has 2 N–H and O–H groups in total. The van der Waals surface area contributed by atoms with Crippen LogP contribution in [0.2, 0.25) is 0 Å². The van der Waals surface area contributed by atoms with Gasteiger partial charge in [0.25, 0.3) is 5.91 Å². The number of nitrogens with one attached hydrogen (secondary N) is 2. The molecule has 28 heavy (non-hydrogen) atoms. The molecular formula is C19H23N3O6. The lowest BCUT2D eigenvalue weighted by molar-refractivity contribution is -0.146. The van der Waals surface area contributed by atoms with E-state index in [0.717, 1.165) is 4.90 Å². The van der Waals surface area contributed by atoms with Gasteiger partial charge in [0.1, 0.15) is 12.1 Å². The van der Waals surface area contributed by atoms with Crippen molar-refractivity contribution in [1.29, 1.82) is 0 Å². The predicted octanol–water partition coefficient (Wildman–Crippen LogP) is 1.48. The molecule has 1 heterocycles. The smallest absolute Gasteiger partial charge is 0.326 e. The fraction of sp³-hybridized carbons (Fsp3) is 0.421. The molecule has 0 aliphatic carbocycles. The highest BCUT2D eigenvalue weighted by molar-refractivity contribution is 6.08. The Morgan fingerprint density at radius 2 is 1.79 bits per heavy atom. The number of ether oxygens (including phenoxy) is 1. The lowest BCUT2D eigenvalue weighted by Gasteiger charge is -2.18. The molecule has 2 rings (SSSR count). The average molecular weight is 389 g/mol. The van der Waals surface area contributed by atoms with E-state index in [1.54, 1.807) is 32.9 Å². The topological polar surface area (TPSA) is 122 Å². The Labute approximate surface area is 162 Å². The first-order valence-electron chi connectivity index (χ1n) is 8.93. The summed E-state index contributed by atoms with van der Waals surface area (Å²) in [4.78, 5) is 60.3. The van der Waals surface area contributed by atoms with Gasteiger partial charge in [-0.25, -0.2) is 4.79 Å². The number of rotatable bonds is 8. The molecule has 9 nitrogen and oxygen atoms in total. The van der Waals surface area contributed by atoms with Crippen molar-refractivity contribution in [2.24, 2.45) is 0 Å². The second-order valence-corrected chi connectivity index (χ2v) is 6.57. The quantitative estimate of drug-likeness (QED) is 0.395. The van der Waals surface area contributed by atoms with Gasteiger partial charge < -0.3 is 15.4 Å². The van der Waals surface area contributed by atoms with E-state index in [9.17, 15) is 24.0 Å². The van der Waals surface area contributed by atoms with Crippen molar-refractivity contribution in [3.05, 3.63) is 29.8 Å². The summed E-state index contributed by atoms with van der Waals surface area (Å²) in [6.07, 6.45) is 0.724. The molecule has 1 saturated heterocycles. The van der Waals surface area contributed by atoms with Gasteiger partial charge in [-0.05, 0) is 37.6 Å². The second kappa shape index (κ2) is 8.64. The van der Waals surface area contributed by atoms with Crippen LogP contribution in [0.3, 0.4) is 0 Å².